The lowest BCUT2D eigenvalue weighted by atomic mass is 9.90. The first-order chi connectivity index (χ1) is 10.1. The summed E-state index contributed by atoms with van der Waals surface area (Å²) >= 11 is 0. The van der Waals surface area contributed by atoms with Crippen molar-refractivity contribution in [3.8, 4) is 0 Å². The summed E-state index contributed by atoms with van der Waals surface area (Å²) in [7, 11) is 0. The Morgan fingerprint density at radius 1 is 1.43 bits per heavy atom. The van der Waals surface area contributed by atoms with Gasteiger partial charge in [0.25, 0.3) is 0 Å². The zero-order valence-corrected chi connectivity index (χ0v) is 12.6. The standard InChI is InChI=1S/C17H21NO3/c1-3-9-20-15(19)11-17(2)16-13(8-10-21-17)12-6-4-5-7-14(12)18-16/h4-7,18H,3,8-11H2,1-2H3. The number of rotatable bonds is 4. The quantitative estimate of drug-likeness (QED) is 0.878. The molecule has 2 heterocycles. The molecule has 1 atom stereocenters. The van der Waals surface area contributed by atoms with Gasteiger partial charge in [0.1, 0.15) is 5.60 Å². The Morgan fingerprint density at radius 2 is 2.24 bits per heavy atom. The number of benzene rings is 1. The van der Waals surface area contributed by atoms with Crippen LogP contribution in [0.4, 0.5) is 0 Å². The van der Waals surface area contributed by atoms with Crippen LogP contribution in [0.25, 0.3) is 10.9 Å². The minimum atomic E-state index is -0.628. The van der Waals surface area contributed by atoms with Gasteiger partial charge < -0.3 is 14.5 Å². The van der Waals surface area contributed by atoms with Crippen LogP contribution < -0.4 is 0 Å². The van der Waals surface area contributed by atoms with Gasteiger partial charge in [-0.3, -0.25) is 4.79 Å². The molecule has 1 aliphatic rings. The van der Waals surface area contributed by atoms with Gasteiger partial charge in [-0.15, -0.1) is 0 Å². The third-order valence-corrected chi connectivity index (χ3v) is 4.06. The normalized spacial score (nSPS) is 21.2. The lowest BCUT2D eigenvalue weighted by Gasteiger charge is -2.33. The summed E-state index contributed by atoms with van der Waals surface area (Å²) in [5.41, 5.74) is 2.75. The van der Waals surface area contributed by atoms with E-state index in [1.54, 1.807) is 0 Å². The van der Waals surface area contributed by atoms with Gasteiger partial charge in [-0.05, 0) is 31.4 Å². The molecular formula is C17H21NO3. The Morgan fingerprint density at radius 3 is 3.05 bits per heavy atom. The van der Waals surface area contributed by atoms with E-state index in [1.165, 1.54) is 10.9 Å². The highest BCUT2D eigenvalue weighted by Gasteiger charge is 2.38. The molecule has 0 bridgehead atoms. The molecule has 0 saturated heterocycles. The number of para-hydroxylation sites is 1. The number of ether oxygens (including phenoxy) is 2. The van der Waals surface area contributed by atoms with E-state index in [-0.39, 0.29) is 12.4 Å². The molecule has 2 aromatic rings. The fraction of sp³-hybridized carbons (Fsp3) is 0.471. The fourth-order valence-corrected chi connectivity index (χ4v) is 3.04. The summed E-state index contributed by atoms with van der Waals surface area (Å²) in [6, 6.07) is 8.23. The fourth-order valence-electron chi connectivity index (χ4n) is 3.04. The van der Waals surface area contributed by atoms with Gasteiger partial charge in [0.15, 0.2) is 0 Å². The molecule has 1 N–H and O–H groups in total. The summed E-state index contributed by atoms with van der Waals surface area (Å²) in [5, 5.41) is 1.23. The highest BCUT2D eigenvalue weighted by atomic mass is 16.5. The van der Waals surface area contributed by atoms with Crippen LogP contribution in [0, 0.1) is 0 Å². The average Bonchev–Trinajstić information content (AvgIpc) is 2.86. The van der Waals surface area contributed by atoms with Crippen LogP contribution in [-0.2, 0) is 26.3 Å². The molecule has 3 rings (SSSR count). The van der Waals surface area contributed by atoms with E-state index in [0.717, 1.165) is 24.1 Å². The zero-order valence-electron chi connectivity index (χ0n) is 12.6. The number of hydrogen-bond acceptors (Lipinski definition) is 3. The Hall–Kier alpha value is -1.81. The number of carbonyl (C=O) groups excluding carboxylic acids is 1. The molecule has 1 aromatic carbocycles. The molecule has 0 saturated carbocycles. The summed E-state index contributed by atoms with van der Waals surface area (Å²) in [4.78, 5) is 15.4. The molecule has 0 fully saturated rings. The Labute approximate surface area is 124 Å². The maximum atomic E-state index is 12.0. The van der Waals surface area contributed by atoms with Gasteiger partial charge in [0.2, 0.25) is 0 Å². The third-order valence-electron chi connectivity index (χ3n) is 4.06. The van der Waals surface area contributed by atoms with E-state index < -0.39 is 5.60 Å². The number of carbonyl (C=O) groups is 1. The van der Waals surface area contributed by atoms with Crippen LogP contribution in [0.1, 0.15) is 37.9 Å². The van der Waals surface area contributed by atoms with E-state index in [1.807, 2.05) is 26.0 Å². The van der Waals surface area contributed by atoms with Crippen molar-refractivity contribution < 1.29 is 14.3 Å². The lowest BCUT2D eigenvalue weighted by Crippen LogP contribution is -2.35. The molecule has 0 amide bonds. The van der Waals surface area contributed by atoms with Crippen LogP contribution in [0.15, 0.2) is 24.3 Å². The highest BCUT2D eigenvalue weighted by Crippen LogP contribution is 2.39. The predicted molar refractivity (Wildman–Crippen MR) is 81.2 cm³/mol. The van der Waals surface area contributed by atoms with Crippen molar-refractivity contribution in [2.45, 2.75) is 38.7 Å². The Balaban J connectivity index is 1.93. The Kier molecular flexibility index (Phi) is 3.72. The summed E-state index contributed by atoms with van der Waals surface area (Å²) in [5.74, 6) is -0.203. The molecule has 4 heteroatoms. The molecule has 0 spiro atoms. The van der Waals surface area contributed by atoms with Crippen LogP contribution in [0.5, 0.6) is 0 Å². The minimum absolute atomic E-state index is 0.203. The summed E-state index contributed by atoms with van der Waals surface area (Å²) in [6.45, 7) is 5.05. The molecule has 1 unspecified atom stereocenters. The topological polar surface area (TPSA) is 51.3 Å². The molecule has 4 nitrogen and oxygen atoms in total. The number of fused-ring (bicyclic) bond motifs is 3. The molecule has 21 heavy (non-hydrogen) atoms. The average molecular weight is 287 g/mol. The third kappa shape index (κ3) is 2.56. The minimum Gasteiger partial charge on any atom is -0.466 e. The van der Waals surface area contributed by atoms with Gasteiger partial charge in [-0.1, -0.05) is 25.1 Å². The van der Waals surface area contributed by atoms with Gasteiger partial charge >= 0.3 is 5.97 Å². The second kappa shape index (κ2) is 5.53. The molecule has 0 aliphatic carbocycles. The van der Waals surface area contributed by atoms with Crippen molar-refractivity contribution in [2.24, 2.45) is 0 Å². The van der Waals surface area contributed by atoms with Crippen molar-refractivity contribution >= 4 is 16.9 Å². The first kappa shape index (κ1) is 14.1. The highest BCUT2D eigenvalue weighted by molar-refractivity contribution is 5.85. The zero-order chi connectivity index (χ0) is 14.9. The second-order valence-electron chi connectivity index (χ2n) is 5.75. The maximum absolute atomic E-state index is 12.0. The van der Waals surface area contributed by atoms with Crippen LogP contribution in [0.3, 0.4) is 0 Å². The van der Waals surface area contributed by atoms with Crippen molar-refractivity contribution in [2.75, 3.05) is 13.2 Å². The number of aromatic amines is 1. The number of hydrogen-bond donors (Lipinski definition) is 1. The van der Waals surface area contributed by atoms with E-state index in [2.05, 4.69) is 17.1 Å². The largest absolute Gasteiger partial charge is 0.466 e. The monoisotopic (exact) mass is 287 g/mol. The van der Waals surface area contributed by atoms with E-state index in [0.29, 0.717) is 13.2 Å². The van der Waals surface area contributed by atoms with Gasteiger partial charge in [-0.2, -0.15) is 0 Å². The molecule has 1 aromatic heterocycles. The smallest absolute Gasteiger partial charge is 0.309 e. The number of esters is 1. The number of nitrogens with one attached hydrogen (secondary N) is 1. The molecule has 112 valence electrons. The van der Waals surface area contributed by atoms with Crippen molar-refractivity contribution in [1.82, 2.24) is 4.98 Å². The van der Waals surface area contributed by atoms with E-state index in [9.17, 15) is 4.79 Å². The Bertz CT molecular complexity index is 661. The first-order valence-electron chi connectivity index (χ1n) is 7.53. The number of H-pyrrole nitrogens is 1. The SMILES string of the molecule is CCCOC(=O)CC1(C)OCCc2c1[nH]c1ccccc21. The second-order valence-corrected chi connectivity index (χ2v) is 5.75. The predicted octanol–water partition coefficient (Wildman–Crippen LogP) is 3.30. The molecule has 0 radical (unpaired) electrons. The van der Waals surface area contributed by atoms with Crippen molar-refractivity contribution in [1.29, 1.82) is 0 Å². The van der Waals surface area contributed by atoms with Gasteiger partial charge in [-0.25, -0.2) is 0 Å². The first-order valence-corrected chi connectivity index (χ1v) is 7.53. The van der Waals surface area contributed by atoms with Crippen LogP contribution in [-0.4, -0.2) is 24.2 Å². The van der Waals surface area contributed by atoms with Crippen LogP contribution in [0.2, 0.25) is 0 Å². The maximum Gasteiger partial charge on any atom is 0.309 e. The van der Waals surface area contributed by atoms with E-state index >= 15 is 0 Å². The van der Waals surface area contributed by atoms with E-state index in [4.69, 9.17) is 9.47 Å². The number of aromatic nitrogens is 1. The van der Waals surface area contributed by atoms with Gasteiger partial charge in [0.05, 0.1) is 25.3 Å². The summed E-state index contributed by atoms with van der Waals surface area (Å²) in [6.07, 6.45) is 1.95. The van der Waals surface area contributed by atoms with Crippen LogP contribution >= 0.6 is 0 Å². The summed E-state index contributed by atoms with van der Waals surface area (Å²) < 4.78 is 11.2. The lowest BCUT2D eigenvalue weighted by molar-refractivity contribution is -0.153. The molecular weight excluding hydrogens is 266 g/mol. The van der Waals surface area contributed by atoms with Crippen molar-refractivity contribution in [3.63, 3.8) is 0 Å². The molecule has 1 aliphatic heterocycles. The van der Waals surface area contributed by atoms with Crippen molar-refractivity contribution in [3.05, 3.63) is 35.5 Å². The van der Waals surface area contributed by atoms with Gasteiger partial charge in [0, 0.05) is 10.9 Å².